The van der Waals surface area contributed by atoms with Crippen molar-refractivity contribution in [1.82, 2.24) is 19.7 Å². The second kappa shape index (κ2) is 10.0. The van der Waals surface area contributed by atoms with E-state index in [0.29, 0.717) is 28.0 Å². The Morgan fingerprint density at radius 3 is 2.59 bits per heavy atom. The molecule has 32 heavy (non-hydrogen) atoms. The van der Waals surface area contributed by atoms with E-state index in [0.717, 1.165) is 37.9 Å². The lowest BCUT2D eigenvalue weighted by Crippen LogP contribution is -2.46. The molecule has 9 nitrogen and oxygen atoms in total. The fraction of sp³-hybridized carbons (Fsp3) is 0.409. The lowest BCUT2D eigenvalue weighted by molar-refractivity contribution is 0.102. The number of ether oxygens (including phenoxy) is 2. The van der Waals surface area contributed by atoms with E-state index in [-0.39, 0.29) is 5.91 Å². The molecular weight excluding hydrogens is 428 g/mol. The molecule has 3 aromatic rings. The third-order valence-electron chi connectivity index (χ3n) is 5.43. The first kappa shape index (κ1) is 22.1. The molecule has 170 valence electrons. The SMILES string of the molecule is CCCN1CCN(c2nnc(-n3cccc3C(=O)Nc3ccc(OC)cc3OC)s2)CC1. The number of methoxy groups -OCH3 is 2. The molecule has 1 aromatic carbocycles. The van der Waals surface area contributed by atoms with Crippen LogP contribution in [0.4, 0.5) is 10.8 Å². The van der Waals surface area contributed by atoms with E-state index in [2.05, 4.69) is 32.2 Å². The van der Waals surface area contributed by atoms with Gasteiger partial charge in [0.2, 0.25) is 10.3 Å². The normalized spacial score (nSPS) is 14.4. The van der Waals surface area contributed by atoms with Crippen LogP contribution >= 0.6 is 11.3 Å². The van der Waals surface area contributed by atoms with Gasteiger partial charge in [0.25, 0.3) is 5.91 Å². The number of anilines is 2. The highest BCUT2D eigenvalue weighted by molar-refractivity contribution is 7.17. The molecule has 0 radical (unpaired) electrons. The molecular formula is C22H28N6O3S. The number of nitrogens with one attached hydrogen (secondary N) is 1. The topological polar surface area (TPSA) is 84.8 Å². The molecule has 1 aliphatic heterocycles. The van der Waals surface area contributed by atoms with E-state index in [1.54, 1.807) is 43.1 Å². The molecule has 3 heterocycles. The van der Waals surface area contributed by atoms with Crippen LogP contribution in [0.25, 0.3) is 5.13 Å². The van der Waals surface area contributed by atoms with Crippen molar-refractivity contribution in [2.45, 2.75) is 13.3 Å². The van der Waals surface area contributed by atoms with Crippen LogP contribution in [0.15, 0.2) is 36.5 Å². The van der Waals surface area contributed by atoms with Crippen LogP contribution in [-0.4, -0.2) is 72.5 Å². The number of carbonyl (C=O) groups excluding carboxylic acids is 1. The van der Waals surface area contributed by atoms with Crippen molar-refractivity contribution in [3.05, 3.63) is 42.2 Å². The number of amides is 1. The Morgan fingerprint density at radius 1 is 1.09 bits per heavy atom. The zero-order chi connectivity index (χ0) is 22.5. The Labute approximate surface area is 191 Å². The molecule has 1 amide bonds. The minimum Gasteiger partial charge on any atom is -0.497 e. The minimum atomic E-state index is -0.261. The van der Waals surface area contributed by atoms with Crippen LogP contribution in [0.2, 0.25) is 0 Å². The zero-order valence-electron chi connectivity index (χ0n) is 18.6. The average Bonchev–Trinajstić information content (AvgIpc) is 3.50. The van der Waals surface area contributed by atoms with Gasteiger partial charge in [0.1, 0.15) is 17.2 Å². The van der Waals surface area contributed by atoms with Crippen LogP contribution < -0.4 is 19.7 Å². The molecule has 10 heteroatoms. The van der Waals surface area contributed by atoms with Gasteiger partial charge in [-0.15, -0.1) is 10.2 Å². The number of piperazine rings is 1. The quantitative estimate of drug-likeness (QED) is 0.557. The Bertz CT molecular complexity index is 1060. The van der Waals surface area contributed by atoms with Gasteiger partial charge in [-0.25, -0.2) is 0 Å². The van der Waals surface area contributed by atoms with Crippen LogP contribution in [0.5, 0.6) is 11.5 Å². The van der Waals surface area contributed by atoms with Gasteiger partial charge < -0.3 is 19.7 Å². The van der Waals surface area contributed by atoms with Gasteiger partial charge in [0.05, 0.1) is 19.9 Å². The first-order chi connectivity index (χ1) is 15.6. The first-order valence-corrected chi connectivity index (χ1v) is 11.5. The molecule has 0 spiro atoms. The smallest absolute Gasteiger partial charge is 0.272 e. The molecule has 0 atom stereocenters. The Balaban J connectivity index is 1.48. The maximum absolute atomic E-state index is 13.0. The highest BCUT2D eigenvalue weighted by Crippen LogP contribution is 2.30. The van der Waals surface area contributed by atoms with Gasteiger partial charge >= 0.3 is 0 Å². The summed E-state index contributed by atoms with van der Waals surface area (Å²) in [7, 11) is 3.14. The number of carbonyl (C=O) groups is 1. The van der Waals surface area contributed by atoms with Gasteiger partial charge in [-0.2, -0.15) is 0 Å². The maximum Gasteiger partial charge on any atom is 0.272 e. The van der Waals surface area contributed by atoms with Crippen LogP contribution in [0.1, 0.15) is 23.8 Å². The van der Waals surface area contributed by atoms with Crippen molar-refractivity contribution in [2.75, 3.05) is 57.2 Å². The largest absolute Gasteiger partial charge is 0.497 e. The molecule has 1 N–H and O–H groups in total. The number of hydrogen-bond donors (Lipinski definition) is 1. The number of aromatic nitrogens is 3. The van der Waals surface area contributed by atoms with Crippen LogP contribution in [0, 0.1) is 0 Å². The van der Waals surface area contributed by atoms with Gasteiger partial charge in [-0.1, -0.05) is 18.3 Å². The predicted molar refractivity (Wildman–Crippen MR) is 126 cm³/mol. The lowest BCUT2D eigenvalue weighted by atomic mass is 10.2. The summed E-state index contributed by atoms with van der Waals surface area (Å²) in [5.74, 6) is 0.916. The molecule has 1 saturated heterocycles. The number of hydrogen-bond acceptors (Lipinski definition) is 8. The summed E-state index contributed by atoms with van der Waals surface area (Å²) in [5.41, 5.74) is 1.03. The monoisotopic (exact) mass is 456 g/mol. The fourth-order valence-electron chi connectivity index (χ4n) is 3.73. The molecule has 0 aliphatic carbocycles. The van der Waals surface area contributed by atoms with Crippen LogP contribution in [0.3, 0.4) is 0 Å². The summed E-state index contributed by atoms with van der Waals surface area (Å²) in [5, 5.41) is 13.2. The summed E-state index contributed by atoms with van der Waals surface area (Å²) in [6.45, 7) is 7.28. The van der Waals surface area contributed by atoms with Gasteiger partial charge in [-0.3, -0.25) is 14.3 Å². The standard InChI is InChI=1S/C22H28N6O3S/c1-4-9-26-11-13-27(14-12-26)21-24-25-22(32-21)28-10-5-6-18(28)20(29)23-17-8-7-16(30-2)15-19(17)31-3/h5-8,10,15H,4,9,11-14H2,1-3H3,(H,23,29). The lowest BCUT2D eigenvalue weighted by Gasteiger charge is -2.33. The van der Waals surface area contributed by atoms with E-state index in [4.69, 9.17) is 9.47 Å². The molecule has 0 saturated carbocycles. The molecule has 0 bridgehead atoms. The Morgan fingerprint density at radius 2 is 1.88 bits per heavy atom. The summed E-state index contributed by atoms with van der Waals surface area (Å²) in [4.78, 5) is 17.8. The molecule has 1 fully saturated rings. The van der Waals surface area contributed by atoms with E-state index in [1.807, 2.05) is 12.3 Å². The Kier molecular flexibility index (Phi) is 6.91. The molecule has 1 aliphatic rings. The average molecular weight is 457 g/mol. The number of nitrogens with zero attached hydrogens (tertiary/aromatic N) is 5. The third-order valence-corrected chi connectivity index (χ3v) is 6.41. The van der Waals surface area contributed by atoms with Gasteiger partial charge in [0, 0.05) is 38.4 Å². The third kappa shape index (κ3) is 4.71. The highest BCUT2D eigenvalue weighted by atomic mass is 32.1. The van der Waals surface area contributed by atoms with Gasteiger partial charge in [0.15, 0.2) is 0 Å². The van der Waals surface area contributed by atoms with Crippen molar-refractivity contribution in [3.63, 3.8) is 0 Å². The van der Waals surface area contributed by atoms with Gasteiger partial charge in [-0.05, 0) is 37.2 Å². The summed E-state index contributed by atoms with van der Waals surface area (Å²) >= 11 is 1.49. The molecule has 2 aromatic heterocycles. The van der Waals surface area contributed by atoms with E-state index in [1.165, 1.54) is 17.8 Å². The zero-order valence-corrected chi connectivity index (χ0v) is 19.4. The van der Waals surface area contributed by atoms with E-state index >= 15 is 0 Å². The summed E-state index contributed by atoms with van der Waals surface area (Å²) in [6, 6.07) is 8.84. The second-order valence-electron chi connectivity index (χ2n) is 7.48. The minimum absolute atomic E-state index is 0.261. The highest BCUT2D eigenvalue weighted by Gasteiger charge is 2.22. The van der Waals surface area contributed by atoms with E-state index in [9.17, 15) is 4.79 Å². The van der Waals surface area contributed by atoms with Crippen molar-refractivity contribution < 1.29 is 14.3 Å². The summed E-state index contributed by atoms with van der Waals surface area (Å²) in [6.07, 6.45) is 2.99. The molecule has 4 rings (SSSR count). The van der Waals surface area contributed by atoms with Crippen molar-refractivity contribution in [3.8, 4) is 16.6 Å². The second-order valence-corrected chi connectivity index (χ2v) is 8.41. The number of rotatable bonds is 8. The summed E-state index contributed by atoms with van der Waals surface area (Å²) < 4.78 is 12.4. The molecule has 0 unspecified atom stereocenters. The van der Waals surface area contributed by atoms with Crippen LogP contribution in [-0.2, 0) is 0 Å². The first-order valence-electron chi connectivity index (χ1n) is 10.6. The fourth-order valence-corrected chi connectivity index (χ4v) is 4.63. The predicted octanol–water partition coefficient (Wildman–Crippen LogP) is 3.13. The van der Waals surface area contributed by atoms with Crippen molar-refractivity contribution in [1.29, 1.82) is 0 Å². The van der Waals surface area contributed by atoms with Crippen molar-refractivity contribution >= 4 is 28.1 Å². The maximum atomic E-state index is 13.0. The van der Waals surface area contributed by atoms with E-state index < -0.39 is 0 Å². The van der Waals surface area contributed by atoms with Crippen molar-refractivity contribution in [2.24, 2.45) is 0 Å². The number of benzene rings is 1. The Hall–Kier alpha value is -3.11.